The Balaban J connectivity index is 2.53. The third-order valence-corrected chi connectivity index (χ3v) is 3.46. The first-order chi connectivity index (χ1) is 8.52. The van der Waals surface area contributed by atoms with Gasteiger partial charge in [-0.15, -0.1) is 0 Å². The maximum absolute atomic E-state index is 3.42. The zero-order chi connectivity index (χ0) is 13.5. The normalized spacial score (nSPS) is 13.3. The average molecular weight is 248 g/mol. The lowest BCUT2D eigenvalue weighted by atomic mass is 9.98. The largest absolute Gasteiger partial charge is 0.317 e. The molecule has 0 saturated heterocycles. The molecule has 1 aromatic rings. The maximum atomic E-state index is 3.42. The quantitative estimate of drug-likeness (QED) is 0.798. The molecule has 0 bridgehead atoms. The van der Waals surface area contributed by atoms with Crippen LogP contribution in [-0.2, 0) is 6.42 Å². The molecule has 0 fully saturated rings. The summed E-state index contributed by atoms with van der Waals surface area (Å²) >= 11 is 0. The molecular formula is C16H28N2. The molecule has 1 unspecified atom stereocenters. The van der Waals surface area contributed by atoms with Crippen LogP contribution in [0.25, 0.3) is 0 Å². The zero-order valence-electron chi connectivity index (χ0n) is 12.5. The summed E-state index contributed by atoms with van der Waals surface area (Å²) in [7, 11) is 6.32. The Labute approximate surface area is 112 Å². The minimum absolute atomic E-state index is 0.567. The number of hydrogen-bond acceptors (Lipinski definition) is 2. The fourth-order valence-electron chi connectivity index (χ4n) is 2.09. The molecule has 18 heavy (non-hydrogen) atoms. The highest BCUT2D eigenvalue weighted by Crippen LogP contribution is 2.15. The fourth-order valence-corrected chi connectivity index (χ4v) is 2.09. The van der Waals surface area contributed by atoms with E-state index in [1.807, 2.05) is 0 Å². The van der Waals surface area contributed by atoms with Gasteiger partial charge in [-0.25, -0.2) is 0 Å². The molecule has 0 amide bonds. The minimum Gasteiger partial charge on any atom is -0.317 e. The van der Waals surface area contributed by atoms with Gasteiger partial charge in [0.25, 0.3) is 0 Å². The second-order valence-corrected chi connectivity index (χ2v) is 5.68. The molecule has 0 aliphatic carbocycles. The van der Waals surface area contributed by atoms with E-state index in [-0.39, 0.29) is 0 Å². The second-order valence-electron chi connectivity index (χ2n) is 5.68. The van der Waals surface area contributed by atoms with Gasteiger partial charge in [0.2, 0.25) is 0 Å². The monoisotopic (exact) mass is 248 g/mol. The van der Waals surface area contributed by atoms with Crippen LogP contribution in [0, 0.1) is 0 Å². The van der Waals surface area contributed by atoms with Crippen LogP contribution in [0.15, 0.2) is 24.3 Å². The SMILES string of the molecule is CNC(CCN(C)C)Cc1ccc(C(C)C)cc1. The van der Waals surface area contributed by atoms with Gasteiger partial charge in [-0.3, -0.25) is 0 Å². The van der Waals surface area contributed by atoms with E-state index in [2.05, 4.69) is 69.5 Å². The van der Waals surface area contributed by atoms with Crippen molar-refractivity contribution < 1.29 is 0 Å². The summed E-state index contributed by atoms with van der Waals surface area (Å²) < 4.78 is 0. The number of benzene rings is 1. The Hall–Kier alpha value is -0.860. The number of hydrogen-bond donors (Lipinski definition) is 1. The van der Waals surface area contributed by atoms with Crippen molar-refractivity contribution in [3.8, 4) is 0 Å². The molecule has 0 aliphatic rings. The van der Waals surface area contributed by atoms with E-state index < -0.39 is 0 Å². The highest BCUT2D eigenvalue weighted by Gasteiger charge is 2.08. The van der Waals surface area contributed by atoms with E-state index in [9.17, 15) is 0 Å². The van der Waals surface area contributed by atoms with Crippen LogP contribution in [0.2, 0.25) is 0 Å². The lowest BCUT2D eigenvalue weighted by Crippen LogP contribution is -2.31. The van der Waals surface area contributed by atoms with Gasteiger partial charge >= 0.3 is 0 Å². The molecule has 2 heteroatoms. The van der Waals surface area contributed by atoms with Crippen molar-refractivity contribution in [3.63, 3.8) is 0 Å². The first kappa shape index (κ1) is 15.2. The van der Waals surface area contributed by atoms with Gasteiger partial charge in [0, 0.05) is 6.04 Å². The minimum atomic E-state index is 0.567. The van der Waals surface area contributed by atoms with E-state index >= 15 is 0 Å². The predicted octanol–water partition coefficient (Wildman–Crippen LogP) is 2.89. The maximum Gasteiger partial charge on any atom is 0.0117 e. The Kier molecular flexibility index (Phi) is 6.37. The van der Waals surface area contributed by atoms with Gasteiger partial charge in [0.15, 0.2) is 0 Å². The van der Waals surface area contributed by atoms with E-state index in [1.54, 1.807) is 0 Å². The van der Waals surface area contributed by atoms with Crippen LogP contribution < -0.4 is 5.32 Å². The number of nitrogens with zero attached hydrogens (tertiary/aromatic N) is 1. The van der Waals surface area contributed by atoms with E-state index in [0.717, 1.165) is 13.0 Å². The lowest BCUT2D eigenvalue weighted by molar-refractivity contribution is 0.364. The second kappa shape index (κ2) is 7.55. The summed E-state index contributed by atoms with van der Waals surface area (Å²) in [6.07, 6.45) is 2.30. The fraction of sp³-hybridized carbons (Fsp3) is 0.625. The molecule has 0 aliphatic heterocycles. The summed E-state index contributed by atoms with van der Waals surface area (Å²) in [5, 5.41) is 3.42. The van der Waals surface area contributed by atoms with Gasteiger partial charge in [0.05, 0.1) is 0 Å². The third-order valence-electron chi connectivity index (χ3n) is 3.46. The molecule has 1 aromatic carbocycles. The number of likely N-dealkylation sites (N-methyl/N-ethyl adjacent to an activating group) is 1. The van der Waals surface area contributed by atoms with Crippen molar-refractivity contribution >= 4 is 0 Å². The molecule has 1 atom stereocenters. The van der Waals surface area contributed by atoms with Crippen molar-refractivity contribution in [1.82, 2.24) is 10.2 Å². The summed E-state index contributed by atoms with van der Waals surface area (Å²) in [5.74, 6) is 0.618. The van der Waals surface area contributed by atoms with E-state index in [0.29, 0.717) is 12.0 Å². The van der Waals surface area contributed by atoms with Crippen molar-refractivity contribution in [1.29, 1.82) is 0 Å². The van der Waals surface area contributed by atoms with Gasteiger partial charge in [-0.2, -0.15) is 0 Å². The summed E-state index contributed by atoms with van der Waals surface area (Å²) in [6, 6.07) is 9.64. The zero-order valence-corrected chi connectivity index (χ0v) is 12.5. The molecule has 2 nitrogen and oxygen atoms in total. The molecule has 102 valence electrons. The molecule has 0 saturated carbocycles. The first-order valence-corrected chi connectivity index (χ1v) is 6.93. The Morgan fingerprint density at radius 1 is 1.11 bits per heavy atom. The molecule has 1 rings (SSSR count). The summed E-state index contributed by atoms with van der Waals surface area (Å²) in [4.78, 5) is 2.24. The molecular weight excluding hydrogens is 220 g/mol. The standard InChI is InChI=1S/C16H28N2/c1-13(2)15-8-6-14(7-9-15)12-16(17-3)10-11-18(4)5/h6-9,13,16-17H,10-12H2,1-5H3. The molecule has 1 N–H and O–H groups in total. The Morgan fingerprint density at radius 2 is 1.72 bits per heavy atom. The van der Waals surface area contributed by atoms with Gasteiger partial charge < -0.3 is 10.2 Å². The average Bonchev–Trinajstić information content (AvgIpc) is 2.34. The molecule has 0 heterocycles. The predicted molar refractivity (Wildman–Crippen MR) is 80.3 cm³/mol. The van der Waals surface area contributed by atoms with Crippen LogP contribution >= 0.6 is 0 Å². The van der Waals surface area contributed by atoms with Crippen molar-refractivity contribution in [2.45, 2.75) is 38.6 Å². The van der Waals surface area contributed by atoms with E-state index in [4.69, 9.17) is 0 Å². The molecule has 0 aromatic heterocycles. The smallest absolute Gasteiger partial charge is 0.0117 e. The summed E-state index contributed by atoms with van der Waals surface area (Å²) in [5.41, 5.74) is 2.85. The lowest BCUT2D eigenvalue weighted by Gasteiger charge is -2.19. The number of nitrogens with one attached hydrogen (secondary N) is 1. The number of rotatable bonds is 7. The van der Waals surface area contributed by atoms with E-state index in [1.165, 1.54) is 17.5 Å². The van der Waals surface area contributed by atoms with Crippen LogP contribution in [-0.4, -0.2) is 38.6 Å². The van der Waals surface area contributed by atoms with Crippen molar-refractivity contribution in [2.75, 3.05) is 27.7 Å². The topological polar surface area (TPSA) is 15.3 Å². The Bertz CT molecular complexity index is 327. The van der Waals surface area contributed by atoms with Gasteiger partial charge in [-0.1, -0.05) is 38.1 Å². The molecule has 0 spiro atoms. The van der Waals surface area contributed by atoms with Crippen LogP contribution in [0.4, 0.5) is 0 Å². The van der Waals surface area contributed by atoms with Crippen LogP contribution in [0.5, 0.6) is 0 Å². The van der Waals surface area contributed by atoms with Gasteiger partial charge in [0.1, 0.15) is 0 Å². The van der Waals surface area contributed by atoms with Crippen molar-refractivity contribution in [3.05, 3.63) is 35.4 Å². The first-order valence-electron chi connectivity index (χ1n) is 6.93. The van der Waals surface area contributed by atoms with Gasteiger partial charge in [-0.05, 0) is 57.6 Å². The highest BCUT2D eigenvalue weighted by atomic mass is 15.1. The highest BCUT2D eigenvalue weighted by molar-refractivity contribution is 5.25. The third kappa shape index (κ3) is 5.19. The summed E-state index contributed by atoms with van der Waals surface area (Å²) in [6.45, 7) is 5.61. The van der Waals surface area contributed by atoms with Crippen molar-refractivity contribution in [2.24, 2.45) is 0 Å². The van der Waals surface area contributed by atoms with Crippen LogP contribution in [0.3, 0.4) is 0 Å². The Morgan fingerprint density at radius 3 is 2.17 bits per heavy atom. The molecule has 0 radical (unpaired) electrons. The van der Waals surface area contributed by atoms with Crippen LogP contribution in [0.1, 0.15) is 37.3 Å².